The van der Waals surface area contributed by atoms with Gasteiger partial charge in [-0.15, -0.1) is 0 Å². The Bertz CT molecular complexity index is 991. The van der Waals surface area contributed by atoms with Crippen molar-refractivity contribution in [2.75, 3.05) is 13.2 Å². The number of hydrogen-bond donors (Lipinski definition) is 4. The number of aromatic amines is 2. The largest absolute Gasteiger partial charge is 0.394 e. The minimum Gasteiger partial charge on any atom is -0.394 e. The fourth-order valence-electron chi connectivity index (χ4n) is 2.47. The predicted octanol–water partition coefficient (Wildman–Crippen LogP) is 2.27. The Labute approximate surface area is 168 Å². The minimum absolute atomic E-state index is 0.123. The van der Waals surface area contributed by atoms with Crippen LogP contribution >= 0.6 is 34.8 Å². The summed E-state index contributed by atoms with van der Waals surface area (Å²) in [5.74, 6) is 0.375. The third-order valence-electron chi connectivity index (χ3n) is 3.72. The zero-order valence-corrected chi connectivity index (χ0v) is 16.2. The van der Waals surface area contributed by atoms with Gasteiger partial charge in [-0.1, -0.05) is 40.9 Å². The third-order valence-corrected chi connectivity index (χ3v) is 4.73. The fourth-order valence-corrected chi connectivity index (χ4v) is 2.96. The van der Waals surface area contributed by atoms with E-state index in [9.17, 15) is 4.79 Å². The van der Waals surface area contributed by atoms with Crippen LogP contribution in [-0.4, -0.2) is 44.7 Å². The average Bonchev–Trinajstić information content (AvgIpc) is 3.02. The molecule has 4 N–H and O–H groups in total. The van der Waals surface area contributed by atoms with E-state index in [0.717, 1.165) is 5.56 Å². The van der Waals surface area contributed by atoms with Gasteiger partial charge in [-0.2, -0.15) is 5.10 Å². The lowest BCUT2D eigenvalue weighted by atomic mass is 10.2. The van der Waals surface area contributed by atoms with E-state index in [0.29, 0.717) is 27.9 Å². The second-order valence-electron chi connectivity index (χ2n) is 5.66. The van der Waals surface area contributed by atoms with Crippen LogP contribution in [0.15, 0.2) is 23.0 Å². The zero-order chi connectivity index (χ0) is 19.4. The summed E-state index contributed by atoms with van der Waals surface area (Å²) in [6, 6.07) is 5.29. The van der Waals surface area contributed by atoms with E-state index in [1.807, 2.05) is 6.07 Å². The molecule has 11 heteroatoms. The van der Waals surface area contributed by atoms with Crippen LogP contribution in [0.5, 0.6) is 0 Å². The van der Waals surface area contributed by atoms with Crippen molar-refractivity contribution in [1.29, 1.82) is 0 Å². The van der Waals surface area contributed by atoms with Crippen molar-refractivity contribution in [2.24, 2.45) is 0 Å². The molecule has 2 aromatic heterocycles. The molecule has 8 nitrogen and oxygen atoms in total. The van der Waals surface area contributed by atoms with Gasteiger partial charge in [0.25, 0.3) is 5.56 Å². The first-order chi connectivity index (χ1) is 13.0. The Kier molecular flexibility index (Phi) is 6.69. The SMILES string of the molecule is O=c1[nH]c(C[C@@H](NCc2ccc(Cl)c(Cl)c2)OCCO)nc2c(Cl)[nH]nc12. The summed E-state index contributed by atoms with van der Waals surface area (Å²) in [7, 11) is 0. The zero-order valence-electron chi connectivity index (χ0n) is 13.9. The van der Waals surface area contributed by atoms with E-state index in [-0.39, 0.29) is 30.3 Å². The molecule has 0 aliphatic carbocycles. The summed E-state index contributed by atoms with van der Waals surface area (Å²) in [5.41, 5.74) is 0.932. The summed E-state index contributed by atoms with van der Waals surface area (Å²) in [6.07, 6.45) is -0.272. The van der Waals surface area contributed by atoms with Crippen molar-refractivity contribution in [1.82, 2.24) is 25.5 Å². The quantitative estimate of drug-likeness (QED) is 0.406. The number of nitrogens with zero attached hydrogens (tertiary/aromatic N) is 2. The van der Waals surface area contributed by atoms with E-state index in [4.69, 9.17) is 44.6 Å². The summed E-state index contributed by atoms with van der Waals surface area (Å²) in [6.45, 7) is 0.422. The molecular weight excluding hydrogens is 417 g/mol. The van der Waals surface area contributed by atoms with Crippen LogP contribution in [0.2, 0.25) is 15.2 Å². The molecule has 0 unspecified atom stereocenters. The van der Waals surface area contributed by atoms with Crippen LogP contribution in [-0.2, 0) is 17.7 Å². The number of benzene rings is 1. The van der Waals surface area contributed by atoms with Gasteiger partial charge < -0.3 is 14.8 Å². The van der Waals surface area contributed by atoms with Crippen LogP contribution in [0.1, 0.15) is 11.4 Å². The molecule has 27 heavy (non-hydrogen) atoms. The van der Waals surface area contributed by atoms with Crippen LogP contribution in [0.4, 0.5) is 0 Å². The second-order valence-corrected chi connectivity index (χ2v) is 6.86. The molecule has 0 amide bonds. The van der Waals surface area contributed by atoms with Gasteiger partial charge >= 0.3 is 0 Å². The molecule has 0 saturated carbocycles. The molecule has 3 rings (SSSR count). The number of aliphatic hydroxyl groups is 1. The number of H-pyrrole nitrogens is 2. The summed E-state index contributed by atoms with van der Waals surface area (Å²) in [4.78, 5) is 19.1. The van der Waals surface area contributed by atoms with Crippen molar-refractivity contribution in [3.8, 4) is 0 Å². The number of hydrogen-bond acceptors (Lipinski definition) is 6. The third kappa shape index (κ3) is 4.98. The maximum atomic E-state index is 12.1. The maximum Gasteiger partial charge on any atom is 0.279 e. The minimum atomic E-state index is -0.516. The molecule has 0 aliphatic heterocycles. The molecule has 0 spiro atoms. The van der Waals surface area contributed by atoms with Gasteiger partial charge in [0.05, 0.1) is 23.3 Å². The van der Waals surface area contributed by atoms with Crippen LogP contribution in [0.3, 0.4) is 0 Å². The van der Waals surface area contributed by atoms with Gasteiger partial charge in [0.1, 0.15) is 17.6 Å². The first-order valence-corrected chi connectivity index (χ1v) is 9.14. The van der Waals surface area contributed by atoms with Gasteiger partial charge in [-0.3, -0.25) is 15.2 Å². The molecule has 0 bridgehead atoms. The number of aromatic nitrogens is 4. The number of fused-ring (bicyclic) bond motifs is 1. The van der Waals surface area contributed by atoms with Gasteiger partial charge in [0.2, 0.25) is 0 Å². The first kappa shape index (κ1) is 20.1. The van der Waals surface area contributed by atoms with Crippen molar-refractivity contribution in [2.45, 2.75) is 19.2 Å². The molecule has 1 aromatic carbocycles. The highest BCUT2D eigenvalue weighted by Gasteiger charge is 2.15. The maximum absolute atomic E-state index is 12.1. The highest BCUT2D eigenvalue weighted by atomic mass is 35.5. The molecule has 0 aliphatic rings. The van der Waals surface area contributed by atoms with Gasteiger partial charge in [-0.25, -0.2) is 4.98 Å². The van der Waals surface area contributed by atoms with Gasteiger partial charge in [0.15, 0.2) is 10.7 Å². The fraction of sp³-hybridized carbons (Fsp3) is 0.312. The predicted molar refractivity (Wildman–Crippen MR) is 103 cm³/mol. The van der Waals surface area contributed by atoms with E-state index < -0.39 is 11.8 Å². The molecule has 0 radical (unpaired) electrons. The number of nitrogens with one attached hydrogen (secondary N) is 3. The standard InChI is InChI=1S/C16H16Cl3N5O3/c17-9-2-1-8(5-10(9)18)7-20-12(27-4-3-25)6-11-21-13-14(16(26)22-11)23-24-15(13)19/h1-2,5,12,20,25H,3-4,6-7H2,(H,23,24)(H,21,22,26)/t12-/m0/s1. The molecule has 0 fully saturated rings. The highest BCUT2D eigenvalue weighted by Crippen LogP contribution is 2.22. The van der Waals surface area contributed by atoms with Crippen molar-refractivity contribution >= 4 is 45.8 Å². The Morgan fingerprint density at radius 2 is 2.04 bits per heavy atom. The van der Waals surface area contributed by atoms with E-state index >= 15 is 0 Å². The lowest BCUT2D eigenvalue weighted by molar-refractivity contribution is 0.00742. The van der Waals surface area contributed by atoms with Crippen molar-refractivity contribution < 1.29 is 9.84 Å². The van der Waals surface area contributed by atoms with Crippen molar-refractivity contribution in [3.63, 3.8) is 0 Å². The number of rotatable bonds is 8. The average molecular weight is 433 g/mol. The molecule has 0 saturated heterocycles. The van der Waals surface area contributed by atoms with Crippen molar-refractivity contribution in [3.05, 3.63) is 55.1 Å². The molecular formula is C16H16Cl3N5O3. The number of aliphatic hydroxyl groups excluding tert-OH is 1. The lowest BCUT2D eigenvalue weighted by Crippen LogP contribution is -2.35. The Balaban J connectivity index is 1.75. The molecule has 2 heterocycles. The normalized spacial score (nSPS) is 12.6. The second kappa shape index (κ2) is 9.01. The van der Waals surface area contributed by atoms with E-state index in [1.165, 1.54) is 0 Å². The van der Waals surface area contributed by atoms with E-state index in [1.54, 1.807) is 12.1 Å². The topological polar surface area (TPSA) is 116 Å². The lowest BCUT2D eigenvalue weighted by Gasteiger charge is -2.19. The molecule has 144 valence electrons. The van der Waals surface area contributed by atoms with Gasteiger partial charge in [-0.05, 0) is 17.7 Å². The first-order valence-electron chi connectivity index (χ1n) is 8.00. The number of halogens is 3. The van der Waals surface area contributed by atoms with Crippen LogP contribution < -0.4 is 10.9 Å². The summed E-state index contributed by atoms with van der Waals surface area (Å²) < 4.78 is 5.60. The van der Waals surface area contributed by atoms with Gasteiger partial charge in [0, 0.05) is 13.0 Å². The Morgan fingerprint density at radius 1 is 1.22 bits per heavy atom. The Morgan fingerprint density at radius 3 is 2.78 bits per heavy atom. The molecule has 3 aromatic rings. The van der Waals surface area contributed by atoms with E-state index in [2.05, 4.69) is 25.5 Å². The van der Waals surface area contributed by atoms with Crippen LogP contribution in [0, 0.1) is 0 Å². The van der Waals surface area contributed by atoms with Crippen LogP contribution in [0.25, 0.3) is 11.0 Å². The smallest absolute Gasteiger partial charge is 0.279 e. The Hall–Kier alpha value is -1.68. The summed E-state index contributed by atoms with van der Waals surface area (Å²) in [5, 5.41) is 19.7. The monoisotopic (exact) mass is 431 g/mol. The number of ether oxygens (including phenoxy) is 1. The molecule has 1 atom stereocenters. The highest BCUT2D eigenvalue weighted by molar-refractivity contribution is 6.42. The summed E-state index contributed by atoms with van der Waals surface area (Å²) >= 11 is 17.9.